The van der Waals surface area contributed by atoms with Crippen LogP contribution in [-0.4, -0.2) is 29.2 Å². The summed E-state index contributed by atoms with van der Waals surface area (Å²) >= 11 is 1.43. The monoisotopic (exact) mass is 380 g/mol. The van der Waals surface area contributed by atoms with Crippen LogP contribution in [0, 0.1) is 5.82 Å². The van der Waals surface area contributed by atoms with Crippen LogP contribution in [0.2, 0.25) is 0 Å². The van der Waals surface area contributed by atoms with Crippen LogP contribution >= 0.6 is 11.8 Å². The average molecular weight is 380 g/mol. The van der Waals surface area contributed by atoms with Crippen LogP contribution in [0.3, 0.4) is 0 Å². The van der Waals surface area contributed by atoms with E-state index in [9.17, 15) is 9.18 Å². The van der Waals surface area contributed by atoms with Crippen molar-refractivity contribution in [3.8, 4) is 0 Å². The van der Waals surface area contributed by atoms with Crippen molar-refractivity contribution < 1.29 is 18.7 Å². The highest BCUT2D eigenvalue weighted by atomic mass is 32.2. The summed E-state index contributed by atoms with van der Waals surface area (Å²) in [5, 5.41) is 0.822. The maximum Gasteiger partial charge on any atom is 0.302 e. The number of hydrogen-bond donors (Lipinski definition) is 1. The second-order valence-electron chi connectivity index (χ2n) is 6.16. The minimum atomic E-state index is -0.324. The van der Waals surface area contributed by atoms with Gasteiger partial charge in [0.15, 0.2) is 0 Å². The van der Waals surface area contributed by atoms with Gasteiger partial charge in [-0.05, 0) is 30.5 Å². The van der Waals surface area contributed by atoms with Gasteiger partial charge in [-0.3, -0.25) is 4.79 Å². The molecule has 0 fully saturated rings. The predicted molar refractivity (Wildman–Crippen MR) is 98.8 cm³/mol. The van der Waals surface area contributed by atoms with Crippen LogP contribution in [0.5, 0.6) is 0 Å². The van der Waals surface area contributed by atoms with Crippen molar-refractivity contribution in [2.45, 2.75) is 56.1 Å². The van der Waals surface area contributed by atoms with E-state index >= 15 is 0 Å². The first kappa shape index (κ1) is 20.5. The van der Waals surface area contributed by atoms with Gasteiger partial charge in [-0.1, -0.05) is 38.6 Å². The van der Waals surface area contributed by atoms with Crippen molar-refractivity contribution in [2.24, 2.45) is 0 Å². The molecule has 0 aliphatic rings. The van der Waals surface area contributed by atoms with Crippen LogP contribution in [0.15, 0.2) is 34.2 Å². The summed E-state index contributed by atoms with van der Waals surface area (Å²) < 4.78 is 24.2. The molecule has 0 amide bonds. The molecule has 0 aliphatic heterocycles. The molecule has 26 heavy (non-hydrogen) atoms. The number of aromatic amines is 1. The summed E-state index contributed by atoms with van der Waals surface area (Å²) in [5.41, 5.74) is 0.997. The Balaban J connectivity index is 2.14. The quantitative estimate of drug-likeness (QED) is 0.497. The molecule has 0 saturated carbocycles. The lowest BCUT2D eigenvalue weighted by atomic mass is 10.1. The van der Waals surface area contributed by atoms with Gasteiger partial charge in [0.2, 0.25) is 0 Å². The molecule has 2 aromatic rings. The lowest BCUT2D eigenvalue weighted by Crippen LogP contribution is -2.12. The van der Waals surface area contributed by atoms with Crippen LogP contribution in [0.1, 0.15) is 57.7 Å². The molecule has 1 aromatic carbocycles. The van der Waals surface area contributed by atoms with Gasteiger partial charge >= 0.3 is 5.97 Å². The van der Waals surface area contributed by atoms with Gasteiger partial charge in [-0.25, -0.2) is 9.37 Å². The van der Waals surface area contributed by atoms with E-state index in [2.05, 4.69) is 18.8 Å². The summed E-state index contributed by atoms with van der Waals surface area (Å²) in [4.78, 5) is 19.7. The highest BCUT2D eigenvalue weighted by Gasteiger charge is 2.20. The Kier molecular flexibility index (Phi) is 7.66. The molecule has 5 nitrogen and oxygen atoms in total. The molecular weight excluding hydrogens is 355 g/mol. The number of halogens is 1. The van der Waals surface area contributed by atoms with Crippen molar-refractivity contribution in [3.63, 3.8) is 0 Å². The highest BCUT2D eigenvalue weighted by Crippen LogP contribution is 2.34. The number of nitrogens with one attached hydrogen (secondary N) is 1. The molecule has 2 rings (SSSR count). The summed E-state index contributed by atoms with van der Waals surface area (Å²) in [5.74, 6) is 0.386. The number of imidazole rings is 1. The predicted octanol–water partition coefficient (Wildman–Crippen LogP) is 4.85. The van der Waals surface area contributed by atoms with E-state index < -0.39 is 0 Å². The van der Waals surface area contributed by atoms with Gasteiger partial charge in [0, 0.05) is 11.8 Å². The zero-order valence-electron chi connectivity index (χ0n) is 15.5. The van der Waals surface area contributed by atoms with E-state index in [0.717, 1.165) is 27.9 Å². The number of H-pyrrole nitrogens is 1. The van der Waals surface area contributed by atoms with Gasteiger partial charge in [-0.2, -0.15) is 0 Å². The number of esters is 1. The first-order chi connectivity index (χ1) is 12.4. The van der Waals surface area contributed by atoms with E-state index in [1.165, 1.54) is 30.8 Å². The number of hydrogen-bond acceptors (Lipinski definition) is 5. The molecule has 1 N–H and O–H groups in total. The molecule has 1 unspecified atom stereocenters. The number of aromatic nitrogens is 2. The Morgan fingerprint density at radius 2 is 2.12 bits per heavy atom. The maximum atomic E-state index is 13.4. The van der Waals surface area contributed by atoms with Crippen molar-refractivity contribution in [1.29, 1.82) is 0 Å². The summed E-state index contributed by atoms with van der Waals surface area (Å²) in [6.07, 6.45) is 0.514. The van der Waals surface area contributed by atoms with Gasteiger partial charge in [0.25, 0.3) is 0 Å². The Bertz CT molecular complexity index is 733. The highest BCUT2D eigenvalue weighted by molar-refractivity contribution is 7.99. The van der Waals surface area contributed by atoms with Crippen LogP contribution < -0.4 is 0 Å². The molecule has 142 valence electrons. The molecule has 0 radical (unpaired) electrons. The minimum Gasteiger partial charge on any atom is -0.463 e. The SMILES string of the molecule is CCC(OCCOC(C)=O)c1nc(Sc2cccc(F)c2)c(C(C)C)[nH]1. The van der Waals surface area contributed by atoms with Crippen molar-refractivity contribution >= 4 is 17.7 Å². The number of ether oxygens (including phenoxy) is 2. The lowest BCUT2D eigenvalue weighted by molar-refractivity contribution is -0.143. The molecule has 0 bridgehead atoms. The molecule has 0 aliphatic carbocycles. The average Bonchev–Trinajstić information content (AvgIpc) is 2.98. The first-order valence-corrected chi connectivity index (χ1v) is 9.50. The number of carbonyl (C=O) groups excluding carboxylic acids is 1. The Morgan fingerprint density at radius 1 is 1.35 bits per heavy atom. The van der Waals surface area contributed by atoms with Gasteiger partial charge in [0.05, 0.1) is 12.3 Å². The van der Waals surface area contributed by atoms with Crippen molar-refractivity contribution in [1.82, 2.24) is 9.97 Å². The fourth-order valence-electron chi connectivity index (χ4n) is 2.42. The molecular formula is C19H25FN2O3S. The molecule has 0 saturated heterocycles. The zero-order chi connectivity index (χ0) is 19.1. The van der Waals surface area contributed by atoms with Crippen molar-refractivity contribution in [2.75, 3.05) is 13.2 Å². The Morgan fingerprint density at radius 3 is 2.73 bits per heavy atom. The molecule has 0 spiro atoms. The molecule has 7 heteroatoms. The van der Waals surface area contributed by atoms with Gasteiger partial charge in [0.1, 0.15) is 29.4 Å². The summed E-state index contributed by atoms with van der Waals surface area (Å²) in [7, 11) is 0. The topological polar surface area (TPSA) is 64.2 Å². The number of benzene rings is 1. The van der Waals surface area contributed by atoms with Gasteiger partial charge in [-0.15, -0.1) is 0 Å². The van der Waals surface area contributed by atoms with E-state index in [0.29, 0.717) is 6.61 Å². The third-order valence-electron chi connectivity index (χ3n) is 3.69. The second-order valence-corrected chi connectivity index (χ2v) is 7.22. The maximum absolute atomic E-state index is 13.4. The largest absolute Gasteiger partial charge is 0.463 e. The lowest BCUT2D eigenvalue weighted by Gasteiger charge is -2.13. The number of nitrogens with zero attached hydrogens (tertiary/aromatic N) is 1. The third kappa shape index (κ3) is 5.85. The normalized spacial score (nSPS) is 12.4. The molecule has 1 atom stereocenters. The van der Waals surface area contributed by atoms with E-state index in [4.69, 9.17) is 14.5 Å². The van der Waals surface area contributed by atoms with E-state index in [1.807, 2.05) is 13.0 Å². The fraction of sp³-hybridized carbons (Fsp3) is 0.474. The fourth-order valence-corrected chi connectivity index (χ4v) is 3.50. The number of carbonyl (C=O) groups is 1. The summed E-state index contributed by atoms with van der Waals surface area (Å²) in [6.45, 7) is 8.06. The van der Waals surface area contributed by atoms with Crippen molar-refractivity contribution in [3.05, 3.63) is 41.6 Å². The van der Waals surface area contributed by atoms with Gasteiger partial charge < -0.3 is 14.5 Å². The van der Waals surface area contributed by atoms with E-state index in [-0.39, 0.29) is 30.4 Å². The van der Waals surface area contributed by atoms with E-state index in [1.54, 1.807) is 6.07 Å². The molecule has 1 aromatic heterocycles. The van der Waals surface area contributed by atoms with Crippen LogP contribution in [0.25, 0.3) is 0 Å². The second kappa shape index (κ2) is 9.73. The smallest absolute Gasteiger partial charge is 0.302 e. The third-order valence-corrected chi connectivity index (χ3v) is 4.68. The number of rotatable bonds is 9. The summed E-state index contributed by atoms with van der Waals surface area (Å²) in [6, 6.07) is 6.47. The standard InChI is InChI=1S/C19H25FN2O3S/c1-5-16(25-10-9-24-13(4)23)18-21-17(12(2)3)19(22-18)26-15-8-6-7-14(20)11-15/h6-8,11-12,16H,5,9-10H2,1-4H3,(H,21,22). The minimum absolute atomic E-state index is 0.217. The Hall–Kier alpha value is -1.86. The van der Waals surface area contributed by atoms with Crippen LogP contribution in [-0.2, 0) is 14.3 Å². The molecule has 1 heterocycles. The zero-order valence-corrected chi connectivity index (χ0v) is 16.4. The van der Waals surface area contributed by atoms with Crippen LogP contribution in [0.4, 0.5) is 4.39 Å². The first-order valence-electron chi connectivity index (χ1n) is 8.68. The Labute approximate surface area is 157 Å².